The first-order valence-electron chi connectivity index (χ1n) is 10.4. The van der Waals surface area contributed by atoms with Gasteiger partial charge in [0.15, 0.2) is 5.96 Å². The molecule has 0 spiro atoms. The van der Waals surface area contributed by atoms with Crippen LogP contribution in [0, 0.1) is 0 Å². The maximum absolute atomic E-state index is 4.40. The number of benzene rings is 1. The number of nitrogens with zero attached hydrogens (tertiary/aromatic N) is 5. The van der Waals surface area contributed by atoms with E-state index in [0.717, 1.165) is 37.0 Å². The molecule has 0 saturated carbocycles. The Labute approximate surface area is 202 Å². The molecule has 31 heavy (non-hydrogen) atoms. The summed E-state index contributed by atoms with van der Waals surface area (Å²) in [5.74, 6) is 1.63. The van der Waals surface area contributed by atoms with Crippen LogP contribution in [-0.4, -0.2) is 52.1 Å². The largest absolute Gasteiger partial charge is 0.354 e. The molecule has 166 valence electrons. The monoisotopic (exact) mass is 533 g/mol. The quantitative estimate of drug-likeness (QED) is 0.250. The van der Waals surface area contributed by atoms with E-state index in [0.29, 0.717) is 6.54 Å². The summed E-state index contributed by atoms with van der Waals surface area (Å²) in [4.78, 5) is 15.3. The Bertz CT molecular complexity index is 909. The third-order valence-electron chi connectivity index (χ3n) is 5.16. The standard InChI is InChI=1S/C23H31N7.HI/c1-4-29(5-2)21(20-9-7-6-8-10-20)17-28-23(24-3)27-16-19-11-12-26-22(15-19)30-14-13-25-18-30;/h6-15,18,21H,4-5,16-17H2,1-3H3,(H2,24,27,28);1H. The summed E-state index contributed by atoms with van der Waals surface area (Å²) in [6.07, 6.45) is 7.19. The molecule has 1 unspecified atom stereocenters. The van der Waals surface area contributed by atoms with Crippen molar-refractivity contribution in [3.05, 3.63) is 78.5 Å². The van der Waals surface area contributed by atoms with Crippen molar-refractivity contribution >= 4 is 29.9 Å². The maximum atomic E-state index is 4.40. The average molecular weight is 533 g/mol. The van der Waals surface area contributed by atoms with Crippen molar-refractivity contribution in [2.24, 2.45) is 4.99 Å². The van der Waals surface area contributed by atoms with Crippen LogP contribution < -0.4 is 10.6 Å². The zero-order valence-corrected chi connectivity index (χ0v) is 20.7. The summed E-state index contributed by atoms with van der Waals surface area (Å²) in [5.41, 5.74) is 2.43. The van der Waals surface area contributed by atoms with E-state index in [4.69, 9.17) is 0 Å². The minimum atomic E-state index is 0. The minimum absolute atomic E-state index is 0. The Kier molecular flexibility index (Phi) is 10.5. The smallest absolute Gasteiger partial charge is 0.191 e. The van der Waals surface area contributed by atoms with Crippen molar-refractivity contribution in [2.75, 3.05) is 26.7 Å². The highest BCUT2D eigenvalue weighted by Gasteiger charge is 2.18. The van der Waals surface area contributed by atoms with Crippen molar-refractivity contribution in [1.29, 1.82) is 0 Å². The van der Waals surface area contributed by atoms with E-state index >= 15 is 0 Å². The Balaban J connectivity index is 0.00000341. The molecule has 8 heteroatoms. The van der Waals surface area contributed by atoms with E-state index in [2.05, 4.69) is 74.7 Å². The van der Waals surface area contributed by atoms with Gasteiger partial charge in [0.25, 0.3) is 0 Å². The number of hydrogen-bond donors (Lipinski definition) is 2. The van der Waals surface area contributed by atoms with Crippen LogP contribution in [0.5, 0.6) is 0 Å². The molecule has 3 aromatic rings. The van der Waals surface area contributed by atoms with Gasteiger partial charge in [-0.2, -0.15) is 0 Å². The van der Waals surface area contributed by atoms with E-state index in [9.17, 15) is 0 Å². The summed E-state index contributed by atoms with van der Waals surface area (Å²) in [6.45, 7) is 7.84. The topological polar surface area (TPSA) is 70.4 Å². The number of nitrogens with one attached hydrogen (secondary N) is 2. The third-order valence-corrected chi connectivity index (χ3v) is 5.16. The van der Waals surface area contributed by atoms with Crippen molar-refractivity contribution in [1.82, 2.24) is 30.1 Å². The summed E-state index contributed by atoms with van der Waals surface area (Å²) in [7, 11) is 1.80. The van der Waals surface area contributed by atoms with Gasteiger partial charge in [0.1, 0.15) is 12.1 Å². The Hall–Kier alpha value is -2.46. The van der Waals surface area contributed by atoms with Gasteiger partial charge in [0, 0.05) is 38.7 Å². The van der Waals surface area contributed by atoms with Crippen molar-refractivity contribution in [3.63, 3.8) is 0 Å². The first-order valence-corrected chi connectivity index (χ1v) is 10.4. The summed E-state index contributed by atoms with van der Waals surface area (Å²) >= 11 is 0. The van der Waals surface area contributed by atoms with Gasteiger partial charge in [0.05, 0.1) is 6.04 Å². The number of hydrogen-bond acceptors (Lipinski definition) is 4. The van der Waals surface area contributed by atoms with Crippen LogP contribution in [0.1, 0.15) is 31.0 Å². The number of imidazole rings is 1. The molecule has 0 aliphatic carbocycles. The lowest BCUT2D eigenvalue weighted by atomic mass is 10.1. The molecule has 1 aromatic carbocycles. The fraction of sp³-hybridized carbons (Fsp3) is 0.348. The predicted molar refractivity (Wildman–Crippen MR) is 137 cm³/mol. The maximum Gasteiger partial charge on any atom is 0.191 e. The van der Waals surface area contributed by atoms with Crippen LogP contribution in [0.15, 0.2) is 72.4 Å². The fourth-order valence-electron chi connectivity index (χ4n) is 3.50. The van der Waals surface area contributed by atoms with Crippen LogP contribution in [0.3, 0.4) is 0 Å². The second kappa shape index (κ2) is 13.1. The molecule has 0 aliphatic rings. The van der Waals surface area contributed by atoms with Gasteiger partial charge >= 0.3 is 0 Å². The predicted octanol–water partition coefficient (Wildman–Crippen LogP) is 3.63. The molecule has 2 heterocycles. The number of halogens is 1. The van der Waals surface area contributed by atoms with Crippen molar-refractivity contribution < 1.29 is 0 Å². The number of likely N-dealkylation sites (N-methyl/N-ethyl adjacent to an activating group) is 1. The van der Waals surface area contributed by atoms with Gasteiger partial charge in [-0.25, -0.2) is 9.97 Å². The molecule has 0 bridgehead atoms. The van der Waals surface area contributed by atoms with Crippen LogP contribution in [0.4, 0.5) is 0 Å². The van der Waals surface area contributed by atoms with Gasteiger partial charge in [-0.05, 0) is 36.3 Å². The van der Waals surface area contributed by atoms with Gasteiger partial charge in [-0.3, -0.25) is 14.5 Å². The molecule has 1 atom stereocenters. The Morgan fingerprint density at radius 2 is 1.87 bits per heavy atom. The first-order chi connectivity index (χ1) is 14.7. The van der Waals surface area contributed by atoms with E-state index in [1.54, 1.807) is 19.6 Å². The zero-order chi connectivity index (χ0) is 21.2. The molecular weight excluding hydrogens is 501 g/mol. The van der Waals surface area contributed by atoms with Gasteiger partial charge < -0.3 is 10.6 Å². The van der Waals surface area contributed by atoms with E-state index in [1.165, 1.54) is 5.56 Å². The number of aliphatic imine (C=N–C) groups is 1. The molecule has 0 aliphatic heterocycles. The van der Waals surface area contributed by atoms with Crippen LogP contribution >= 0.6 is 24.0 Å². The lowest BCUT2D eigenvalue weighted by molar-refractivity contribution is 0.219. The minimum Gasteiger partial charge on any atom is -0.354 e. The summed E-state index contributed by atoms with van der Waals surface area (Å²) in [6, 6.07) is 15.0. The second-order valence-electron chi connectivity index (χ2n) is 6.95. The van der Waals surface area contributed by atoms with Crippen molar-refractivity contribution in [3.8, 4) is 5.82 Å². The number of rotatable bonds is 9. The van der Waals surface area contributed by atoms with Crippen LogP contribution in [0.25, 0.3) is 5.82 Å². The van der Waals surface area contributed by atoms with Gasteiger partial charge in [-0.15, -0.1) is 24.0 Å². The van der Waals surface area contributed by atoms with Crippen molar-refractivity contribution in [2.45, 2.75) is 26.4 Å². The van der Waals surface area contributed by atoms with Crippen LogP contribution in [-0.2, 0) is 6.54 Å². The highest BCUT2D eigenvalue weighted by molar-refractivity contribution is 14.0. The lowest BCUT2D eigenvalue weighted by Gasteiger charge is -2.30. The zero-order valence-electron chi connectivity index (χ0n) is 18.4. The Morgan fingerprint density at radius 1 is 1.10 bits per heavy atom. The molecule has 2 aromatic heterocycles. The number of pyridine rings is 1. The number of guanidine groups is 1. The average Bonchev–Trinajstić information content (AvgIpc) is 3.34. The SMILES string of the molecule is CCN(CC)C(CNC(=NC)NCc1ccnc(-n2ccnc2)c1)c1ccccc1.I. The lowest BCUT2D eigenvalue weighted by Crippen LogP contribution is -2.43. The molecule has 0 saturated heterocycles. The molecule has 0 radical (unpaired) electrons. The number of aromatic nitrogens is 3. The van der Waals surface area contributed by atoms with Gasteiger partial charge in [-0.1, -0.05) is 44.2 Å². The van der Waals surface area contributed by atoms with E-state index in [-0.39, 0.29) is 30.0 Å². The molecular formula is C23H32IN7. The Morgan fingerprint density at radius 3 is 2.52 bits per heavy atom. The highest BCUT2D eigenvalue weighted by atomic mass is 127. The highest BCUT2D eigenvalue weighted by Crippen LogP contribution is 2.19. The summed E-state index contributed by atoms with van der Waals surface area (Å²) in [5, 5.41) is 6.90. The molecule has 0 fully saturated rings. The van der Waals surface area contributed by atoms with Crippen LogP contribution in [0.2, 0.25) is 0 Å². The third kappa shape index (κ3) is 7.03. The molecule has 7 nitrogen and oxygen atoms in total. The van der Waals surface area contributed by atoms with Gasteiger partial charge in [0.2, 0.25) is 0 Å². The summed E-state index contributed by atoms with van der Waals surface area (Å²) < 4.78 is 1.89. The fourth-order valence-corrected chi connectivity index (χ4v) is 3.50. The van der Waals surface area contributed by atoms with E-state index < -0.39 is 0 Å². The molecule has 0 amide bonds. The first kappa shape index (κ1) is 24.8. The molecule has 3 rings (SSSR count). The normalized spacial score (nSPS) is 12.3. The second-order valence-corrected chi connectivity index (χ2v) is 6.95. The van der Waals surface area contributed by atoms with E-state index in [1.807, 2.05) is 29.1 Å². The molecule has 2 N–H and O–H groups in total.